The van der Waals surface area contributed by atoms with Gasteiger partial charge in [-0.1, -0.05) is 127 Å². The number of fused-ring (bicyclic) bond motifs is 4. The normalized spacial score (nSPS) is 11.4. The first-order valence-corrected chi connectivity index (χ1v) is 16.6. The molecule has 0 fully saturated rings. The van der Waals surface area contributed by atoms with E-state index in [0.717, 1.165) is 33.6 Å². The van der Waals surface area contributed by atoms with E-state index in [1.807, 2.05) is 17.4 Å². The van der Waals surface area contributed by atoms with E-state index in [1.165, 1.54) is 47.6 Å². The third-order valence-corrected chi connectivity index (χ3v) is 9.99. The van der Waals surface area contributed by atoms with E-state index in [-0.39, 0.29) is 0 Å². The topological polar surface area (TPSA) is 25.8 Å². The maximum absolute atomic E-state index is 5.27. The van der Waals surface area contributed by atoms with E-state index in [4.69, 9.17) is 9.97 Å². The monoisotopic (exact) mass is 616 g/mol. The summed E-state index contributed by atoms with van der Waals surface area (Å²) in [4.78, 5) is 10.4. The molecule has 2 nitrogen and oxygen atoms in total. The zero-order valence-corrected chi connectivity index (χ0v) is 26.3. The molecule has 0 radical (unpaired) electrons. The molecule has 0 N–H and O–H groups in total. The van der Waals surface area contributed by atoms with Crippen LogP contribution >= 0.6 is 11.3 Å². The Morgan fingerprint density at radius 1 is 0.362 bits per heavy atom. The van der Waals surface area contributed by atoms with Crippen molar-refractivity contribution >= 4 is 42.3 Å². The highest BCUT2D eigenvalue weighted by Gasteiger charge is 2.16. The minimum Gasteiger partial charge on any atom is -0.228 e. The Morgan fingerprint density at radius 2 is 1.00 bits per heavy atom. The van der Waals surface area contributed by atoms with Crippen molar-refractivity contribution in [3.05, 3.63) is 170 Å². The van der Waals surface area contributed by atoms with Crippen LogP contribution in [0.1, 0.15) is 0 Å². The third-order valence-electron chi connectivity index (χ3n) is 8.85. The Balaban J connectivity index is 1.30. The molecule has 0 atom stereocenters. The zero-order valence-electron chi connectivity index (χ0n) is 25.5. The van der Waals surface area contributed by atoms with E-state index in [1.54, 1.807) is 0 Å². The van der Waals surface area contributed by atoms with Crippen LogP contribution < -0.4 is 0 Å². The average Bonchev–Trinajstić information content (AvgIpc) is 3.54. The lowest BCUT2D eigenvalue weighted by Crippen LogP contribution is -1.96. The number of aromatic nitrogens is 2. The van der Waals surface area contributed by atoms with Crippen molar-refractivity contribution in [2.75, 3.05) is 0 Å². The molecule has 3 heteroatoms. The largest absolute Gasteiger partial charge is 0.228 e. The molecule has 9 aromatic rings. The summed E-state index contributed by atoms with van der Waals surface area (Å²) >= 11 is 1.85. The van der Waals surface area contributed by atoms with Crippen LogP contribution in [-0.4, -0.2) is 9.97 Å². The highest BCUT2D eigenvalue weighted by molar-refractivity contribution is 7.25. The van der Waals surface area contributed by atoms with Crippen molar-refractivity contribution in [1.82, 2.24) is 9.97 Å². The van der Waals surface area contributed by atoms with Crippen LogP contribution in [0, 0.1) is 0 Å². The summed E-state index contributed by atoms with van der Waals surface area (Å²) in [7, 11) is 0. The lowest BCUT2D eigenvalue weighted by Gasteiger charge is -2.14. The van der Waals surface area contributed by atoms with Gasteiger partial charge in [-0.2, -0.15) is 0 Å². The minimum atomic E-state index is 0.713. The summed E-state index contributed by atoms with van der Waals surface area (Å²) in [6, 6.07) is 60.4. The van der Waals surface area contributed by atoms with Gasteiger partial charge < -0.3 is 0 Å². The summed E-state index contributed by atoms with van der Waals surface area (Å²) in [5.74, 6) is 0.713. The summed E-state index contributed by atoms with van der Waals surface area (Å²) in [6.45, 7) is 0. The van der Waals surface area contributed by atoms with Crippen molar-refractivity contribution in [3.8, 4) is 56.2 Å². The highest BCUT2D eigenvalue weighted by Crippen LogP contribution is 2.42. The van der Waals surface area contributed by atoms with Gasteiger partial charge in [-0.3, -0.25) is 0 Å². The number of thiophene rings is 1. The van der Waals surface area contributed by atoms with E-state index in [0.29, 0.717) is 5.82 Å². The molecule has 0 aliphatic rings. The molecule has 47 heavy (non-hydrogen) atoms. The molecule has 0 bridgehead atoms. The predicted molar refractivity (Wildman–Crippen MR) is 200 cm³/mol. The Labute approximate surface area is 277 Å². The van der Waals surface area contributed by atoms with Gasteiger partial charge in [0.05, 0.1) is 11.4 Å². The van der Waals surface area contributed by atoms with Gasteiger partial charge in [-0.05, 0) is 75.5 Å². The first-order chi connectivity index (χ1) is 23.3. The second-order valence-corrected chi connectivity index (χ2v) is 12.9. The van der Waals surface area contributed by atoms with E-state index >= 15 is 0 Å². The van der Waals surface area contributed by atoms with E-state index < -0.39 is 0 Å². The molecule has 9 rings (SSSR count). The standard InChI is InChI=1S/C44H28N2S/c1-3-12-29(13-4-1)34-25-35(37-19-11-21-42-43(37)38-18-9-10-20-41(38)47-42)27-36(26-34)40-28-39(31-15-5-2-6-16-31)45-44(46-40)33-23-22-30-14-7-8-17-32(30)24-33/h1-28H. The Hall–Kier alpha value is -5.90. The first kappa shape index (κ1) is 27.4. The maximum atomic E-state index is 5.27. The Morgan fingerprint density at radius 3 is 1.83 bits per heavy atom. The van der Waals surface area contributed by atoms with Crippen molar-refractivity contribution in [1.29, 1.82) is 0 Å². The predicted octanol–water partition coefficient (Wildman–Crippen LogP) is 12.3. The molecule has 0 unspecified atom stereocenters. The molecular formula is C44H28N2S. The van der Waals surface area contributed by atoms with Gasteiger partial charge in [0.2, 0.25) is 0 Å². The molecular weight excluding hydrogens is 589 g/mol. The fourth-order valence-corrected chi connectivity index (χ4v) is 7.69. The lowest BCUT2D eigenvalue weighted by molar-refractivity contribution is 1.18. The molecule has 0 aliphatic heterocycles. The highest BCUT2D eigenvalue weighted by atomic mass is 32.1. The van der Waals surface area contributed by atoms with Crippen molar-refractivity contribution in [2.24, 2.45) is 0 Å². The summed E-state index contributed by atoms with van der Waals surface area (Å²) < 4.78 is 2.60. The SMILES string of the molecule is c1ccc(-c2cc(-c3cc(-c4ccccc4)nc(-c4ccc5ccccc5c4)n3)cc(-c3cccc4sc5ccccc5c34)c2)cc1. The second-order valence-electron chi connectivity index (χ2n) is 11.8. The van der Waals surface area contributed by atoms with Gasteiger partial charge >= 0.3 is 0 Å². The van der Waals surface area contributed by atoms with Crippen molar-refractivity contribution in [3.63, 3.8) is 0 Å². The van der Waals surface area contributed by atoms with E-state index in [9.17, 15) is 0 Å². The Bertz CT molecular complexity index is 2570. The second kappa shape index (κ2) is 11.5. The van der Waals surface area contributed by atoms with Crippen LogP contribution in [0.4, 0.5) is 0 Å². The first-order valence-electron chi connectivity index (χ1n) is 15.8. The fourth-order valence-electron chi connectivity index (χ4n) is 6.55. The smallest absolute Gasteiger partial charge is 0.160 e. The molecule has 0 spiro atoms. The van der Waals surface area contributed by atoms with Gasteiger partial charge in [-0.25, -0.2) is 9.97 Å². The number of benzene rings is 7. The van der Waals surface area contributed by atoms with Crippen molar-refractivity contribution < 1.29 is 0 Å². The molecule has 0 saturated heterocycles. The van der Waals surface area contributed by atoms with E-state index in [2.05, 4.69) is 164 Å². The molecule has 7 aromatic carbocycles. The molecule has 0 aliphatic carbocycles. The molecule has 0 saturated carbocycles. The summed E-state index contributed by atoms with van der Waals surface area (Å²) in [5.41, 5.74) is 9.63. The summed E-state index contributed by atoms with van der Waals surface area (Å²) in [5, 5.41) is 4.96. The van der Waals surface area contributed by atoms with Gasteiger partial charge in [0.15, 0.2) is 5.82 Å². The fraction of sp³-hybridized carbons (Fsp3) is 0. The Kier molecular flexibility index (Phi) is 6.69. The van der Waals surface area contributed by atoms with Crippen LogP contribution in [0.25, 0.3) is 87.1 Å². The molecule has 0 amide bonds. The number of hydrogen-bond acceptors (Lipinski definition) is 3. The quantitative estimate of drug-likeness (QED) is 0.192. The van der Waals surface area contributed by atoms with Gasteiger partial charge in [0.25, 0.3) is 0 Å². The zero-order chi connectivity index (χ0) is 31.2. The van der Waals surface area contributed by atoms with Crippen LogP contribution in [0.15, 0.2) is 170 Å². The lowest BCUT2D eigenvalue weighted by atomic mass is 9.92. The number of rotatable bonds is 5. The maximum Gasteiger partial charge on any atom is 0.160 e. The summed E-state index contributed by atoms with van der Waals surface area (Å²) in [6.07, 6.45) is 0. The van der Waals surface area contributed by atoms with Crippen LogP contribution in [0.2, 0.25) is 0 Å². The average molecular weight is 617 g/mol. The van der Waals surface area contributed by atoms with Gasteiger partial charge in [-0.15, -0.1) is 11.3 Å². The third kappa shape index (κ3) is 5.07. The van der Waals surface area contributed by atoms with Crippen LogP contribution in [0.3, 0.4) is 0 Å². The molecule has 2 aromatic heterocycles. The number of hydrogen-bond donors (Lipinski definition) is 0. The number of nitrogens with zero attached hydrogens (tertiary/aromatic N) is 2. The van der Waals surface area contributed by atoms with Gasteiger partial charge in [0, 0.05) is 36.9 Å². The molecule has 220 valence electrons. The minimum absolute atomic E-state index is 0.713. The van der Waals surface area contributed by atoms with Crippen LogP contribution in [0.5, 0.6) is 0 Å². The van der Waals surface area contributed by atoms with Crippen LogP contribution in [-0.2, 0) is 0 Å². The van der Waals surface area contributed by atoms with Crippen molar-refractivity contribution in [2.45, 2.75) is 0 Å². The van der Waals surface area contributed by atoms with Gasteiger partial charge in [0.1, 0.15) is 0 Å². The molecule has 2 heterocycles.